The van der Waals surface area contributed by atoms with Crippen LogP contribution in [-0.4, -0.2) is 59.1 Å². The van der Waals surface area contributed by atoms with Gasteiger partial charge >= 0.3 is 0 Å². The lowest BCUT2D eigenvalue weighted by Gasteiger charge is -2.26. The molecule has 2 fully saturated rings. The van der Waals surface area contributed by atoms with Gasteiger partial charge in [0.25, 0.3) is 0 Å². The van der Waals surface area contributed by atoms with Crippen molar-refractivity contribution in [1.29, 1.82) is 0 Å². The number of sulfonamides is 1. The number of rotatable bonds is 8. The van der Waals surface area contributed by atoms with Gasteiger partial charge in [0, 0.05) is 19.5 Å². The minimum Gasteiger partial charge on any atom is -0.495 e. The van der Waals surface area contributed by atoms with Gasteiger partial charge in [-0.1, -0.05) is 6.42 Å². The van der Waals surface area contributed by atoms with Gasteiger partial charge < -0.3 is 14.5 Å². The zero-order valence-corrected chi connectivity index (χ0v) is 16.8. The van der Waals surface area contributed by atoms with Crippen LogP contribution in [0.2, 0.25) is 0 Å². The van der Waals surface area contributed by atoms with Gasteiger partial charge in [0.15, 0.2) is 0 Å². The zero-order valence-electron chi connectivity index (χ0n) is 15.9. The predicted molar refractivity (Wildman–Crippen MR) is 105 cm³/mol. The van der Waals surface area contributed by atoms with Gasteiger partial charge in [-0.2, -0.15) is 0 Å². The van der Waals surface area contributed by atoms with E-state index in [9.17, 15) is 13.2 Å². The maximum atomic E-state index is 12.7. The molecule has 0 spiro atoms. The van der Waals surface area contributed by atoms with Crippen molar-refractivity contribution in [2.24, 2.45) is 0 Å². The van der Waals surface area contributed by atoms with Crippen molar-refractivity contribution >= 4 is 21.6 Å². The monoisotopic (exact) mass is 395 g/mol. The fourth-order valence-corrected chi connectivity index (χ4v) is 4.82. The summed E-state index contributed by atoms with van der Waals surface area (Å²) in [6.07, 6.45) is 5.79. The van der Waals surface area contributed by atoms with E-state index in [1.54, 1.807) is 11.0 Å². The molecule has 0 aromatic heterocycles. The van der Waals surface area contributed by atoms with Crippen LogP contribution in [-0.2, 0) is 14.8 Å². The zero-order chi connectivity index (χ0) is 19.3. The summed E-state index contributed by atoms with van der Waals surface area (Å²) >= 11 is 0. The lowest BCUT2D eigenvalue weighted by Crippen LogP contribution is -2.33. The second-order valence-electron chi connectivity index (χ2n) is 7.14. The maximum Gasteiger partial charge on any atom is 0.240 e. The van der Waals surface area contributed by atoms with Crippen LogP contribution < -0.4 is 14.4 Å². The van der Waals surface area contributed by atoms with E-state index in [0.717, 1.165) is 32.5 Å². The molecule has 2 saturated heterocycles. The molecule has 3 rings (SSSR count). The van der Waals surface area contributed by atoms with Crippen LogP contribution in [0.4, 0.5) is 5.69 Å². The molecular formula is C19H29N3O4S. The van der Waals surface area contributed by atoms with Crippen LogP contribution in [0.15, 0.2) is 23.1 Å². The molecule has 1 N–H and O–H groups in total. The number of hydrogen-bond donors (Lipinski definition) is 1. The van der Waals surface area contributed by atoms with Gasteiger partial charge in [0.05, 0.1) is 17.7 Å². The molecule has 0 radical (unpaired) electrons. The van der Waals surface area contributed by atoms with Crippen molar-refractivity contribution in [2.75, 3.05) is 44.7 Å². The Kier molecular flexibility index (Phi) is 6.73. The average molecular weight is 396 g/mol. The highest BCUT2D eigenvalue weighted by Gasteiger charge is 2.26. The molecule has 7 nitrogen and oxygen atoms in total. The van der Waals surface area contributed by atoms with Crippen LogP contribution in [0, 0.1) is 0 Å². The van der Waals surface area contributed by atoms with Gasteiger partial charge in [-0.25, -0.2) is 13.1 Å². The SMILES string of the molecule is COc1ccc(S(=O)(=O)NCCCN2CCCCC2)cc1N1CCCC1=O. The molecule has 150 valence electrons. The number of nitrogens with one attached hydrogen (secondary N) is 1. The summed E-state index contributed by atoms with van der Waals surface area (Å²) in [4.78, 5) is 16.2. The highest BCUT2D eigenvalue weighted by Crippen LogP contribution is 2.33. The fourth-order valence-electron chi connectivity index (χ4n) is 3.73. The molecule has 1 amide bonds. The number of hydrogen-bond acceptors (Lipinski definition) is 5. The summed E-state index contributed by atoms with van der Waals surface area (Å²) in [5.74, 6) is 0.506. The Morgan fingerprint density at radius 3 is 2.56 bits per heavy atom. The molecule has 2 aliphatic heterocycles. The molecule has 1 aromatic carbocycles. The Morgan fingerprint density at radius 2 is 1.89 bits per heavy atom. The summed E-state index contributed by atoms with van der Waals surface area (Å²) in [5.41, 5.74) is 0.524. The van der Waals surface area contributed by atoms with E-state index >= 15 is 0 Å². The van der Waals surface area contributed by atoms with Gasteiger partial charge in [-0.3, -0.25) is 4.79 Å². The molecular weight excluding hydrogens is 366 g/mol. The van der Waals surface area contributed by atoms with Crippen LogP contribution >= 0.6 is 0 Å². The first-order chi connectivity index (χ1) is 13.0. The largest absolute Gasteiger partial charge is 0.495 e. The van der Waals surface area contributed by atoms with E-state index in [0.29, 0.717) is 30.9 Å². The van der Waals surface area contributed by atoms with Crippen molar-refractivity contribution in [3.8, 4) is 5.75 Å². The minimum atomic E-state index is -3.62. The highest BCUT2D eigenvalue weighted by molar-refractivity contribution is 7.89. The van der Waals surface area contributed by atoms with E-state index in [1.807, 2.05) is 0 Å². The van der Waals surface area contributed by atoms with Crippen molar-refractivity contribution in [2.45, 2.75) is 43.4 Å². The molecule has 0 unspecified atom stereocenters. The molecule has 0 saturated carbocycles. The number of likely N-dealkylation sites (tertiary alicyclic amines) is 1. The standard InChI is InChI=1S/C19H29N3O4S/c1-26-18-9-8-16(15-17(18)22-14-5-7-19(22)23)27(24,25)20-10-6-13-21-11-3-2-4-12-21/h8-9,15,20H,2-7,10-14H2,1H3. The molecule has 0 bridgehead atoms. The van der Waals surface area contributed by atoms with E-state index in [2.05, 4.69) is 9.62 Å². The second kappa shape index (κ2) is 9.03. The maximum absolute atomic E-state index is 12.7. The fraction of sp³-hybridized carbons (Fsp3) is 0.632. The van der Waals surface area contributed by atoms with Crippen molar-refractivity contribution in [3.05, 3.63) is 18.2 Å². The number of piperidine rings is 1. The Morgan fingerprint density at radius 1 is 1.11 bits per heavy atom. The van der Waals surface area contributed by atoms with E-state index in [-0.39, 0.29) is 10.8 Å². The lowest BCUT2D eigenvalue weighted by atomic mass is 10.1. The summed E-state index contributed by atoms with van der Waals surface area (Å²) in [7, 11) is -2.10. The summed E-state index contributed by atoms with van der Waals surface area (Å²) in [5, 5.41) is 0. The number of carbonyl (C=O) groups excluding carboxylic acids is 1. The first-order valence-corrected chi connectivity index (χ1v) is 11.2. The lowest BCUT2D eigenvalue weighted by molar-refractivity contribution is -0.117. The van der Waals surface area contributed by atoms with Gasteiger partial charge in [-0.15, -0.1) is 0 Å². The van der Waals surface area contributed by atoms with Gasteiger partial charge in [0.1, 0.15) is 5.75 Å². The Hall–Kier alpha value is -1.64. The van der Waals surface area contributed by atoms with Crippen LogP contribution in [0.5, 0.6) is 5.75 Å². The van der Waals surface area contributed by atoms with E-state index in [1.165, 1.54) is 38.5 Å². The third-order valence-corrected chi connectivity index (χ3v) is 6.68. The minimum absolute atomic E-state index is 0.00246. The first-order valence-electron chi connectivity index (χ1n) is 9.72. The number of ether oxygens (including phenoxy) is 1. The van der Waals surface area contributed by atoms with E-state index in [4.69, 9.17) is 4.74 Å². The second-order valence-corrected chi connectivity index (χ2v) is 8.90. The number of benzene rings is 1. The van der Waals surface area contributed by atoms with Gasteiger partial charge in [-0.05, 0) is 63.5 Å². The number of amides is 1. The molecule has 2 aliphatic rings. The molecule has 27 heavy (non-hydrogen) atoms. The molecule has 0 atom stereocenters. The topological polar surface area (TPSA) is 79.0 Å². The number of anilines is 1. The van der Waals surface area contributed by atoms with Crippen molar-refractivity contribution in [1.82, 2.24) is 9.62 Å². The van der Waals surface area contributed by atoms with Crippen LogP contribution in [0.25, 0.3) is 0 Å². The molecule has 2 heterocycles. The third-order valence-electron chi connectivity index (χ3n) is 5.22. The van der Waals surface area contributed by atoms with E-state index < -0.39 is 10.0 Å². The Bertz CT molecular complexity index is 760. The summed E-state index contributed by atoms with van der Waals surface area (Å²) in [6, 6.07) is 4.67. The molecule has 8 heteroatoms. The van der Waals surface area contributed by atoms with Crippen LogP contribution in [0.3, 0.4) is 0 Å². The quantitative estimate of drug-likeness (QED) is 0.681. The Balaban J connectivity index is 1.64. The smallest absolute Gasteiger partial charge is 0.240 e. The number of carbonyl (C=O) groups is 1. The highest BCUT2D eigenvalue weighted by atomic mass is 32.2. The third kappa shape index (κ3) is 5.00. The normalized spacial score (nSPS) is 18.9. The van der Waals surface area contributed by atoms with Crippen LogP contribution in [0.1, 0.15) is 38.5 Å². The molecule has 1 aromatic rings. The van der Waals surface area contributed by atoms with Gasteiger partial charge in [0.2, 0.25) is 15.9 Å². The summed E-state index contributed by atoms with van der Waals surface area (Å²) < 4.78 is 33.3. The number of methoxy groups -OCH3 is 1. The Labute approximate surface area is 161 Å². The first kappa shape index (κ1) is 20.1. The average Bonchev–Trinajstić information content (AvgIpc) is 3.11. The predicted octanol–water partition coefficient (Wildman–Crippen LogP) is 1.98. The molecule has 0 aliphatic carbocycles. The summed E-state index contributed by atoms with van der Waals surface area (Å²) in [6.45, 7) is 4.13. The van der Waals surface area contributed by atoms with Crippen molar-refractivity contribution in [3.63, 3.8) is 0 Å². The van der Waals surface area contributed by atoms with Crippen molar-refractivity contribution < 1.29 is 17.9 Å². The number of nitrogens with zero attached hydrogens (tertiary/aromatic N) is 2.